The first-order valence-electron chi connectivity index (χ1n) is 6.96. The molecular weight excluding hydrogens is 244 g/mol. The van der Waals surface area contributed by atoms with Crippen LogP contribution in [0.15, 0.2) is 18.2 Å². The number of benzene rings is 1. The highest BCUT2D eigenvalue weighted by Crippen LogP contribution is 2.45. The van der Waals surface area contributed by atoms with Crippen molar-refractivity contribution in [3.05, 3.63) is 34.3 Å². The van der Waals surface area contributed by atoms with E-state index in [9.17, 15) is 0 Å². The molecule has 2 nitrogen and oxygen atoms in total. The lowest BCUT2D eigenvalue weighted by Gasteiger charge is -2.36. The second-order valence-electron chi connectivity index (χ2n) is 5.57. The minimum Gasteiger partial charge on any atom is -0.314 e. The largest absolute Gasteiger partial charge is 0.314 e. The van der Waals surface area contributed by atoms with Gasteiger partial charge in [-0.05, 0) is 48.9 Å². The van der Waals surface area contributed by atoms with E-state index < -0.39 is 0 Å². The maximum atomic E-state index is 6.08. The van der Waals surface area contributed by atoms with Crippen molar-refractivity contribution in [2.45, 2.75) is 25.8 Å². The van der Waals surface area contributed by atoms with Crippen molar-refractivity contribution in [3.8, 4) is 0 Å². The van der Waals surface area contributed by atoms with Crippen LogP contribution in [0.2, 0.25) is 5.02 Å². The zero-order chi connectivity index (χ0) is 12.5. The topological polar surface area (TPSA) is 15.3 Å². The first-order valence-corrected chi connectivity index (χ1v) is 7.34. The number of hydrogen-bond donors (Lipinski definition) is 1. The van der Waals surface area contributed by atoms with E-state index in [0.717, 1.165) is 24.0 Å². The maximum absolute atomic E-state index is 6.08. The molecule has 0 radical (unpaired) electrons. The van der Waals surface area contributed by atoms with Gasteiger partial charge in [0.25, 0.3) is 0 Å². The van der Waals surface area contributed by atoms with E-state index in [4.69, 9.17) is 11.6 Å². The summed E-state index contributed by atoms with van der Waals surface area (Å²) in [5.74, 6) is 0.864. The summed E-state index contributed by atoms with van der Waals surface area (Å²) in [6.07, 6.45) is 2.77. The average Bonchev–Trinajstić information content (AvgIpc) is 3.18. The number of nitrogens with zero attached hydrogens (tertiary/aromatic N) is 1. The highest BCUT2D eigenvalue weighted by atomic mass is 35.5. The molecule has 0 amide bonds. The molecule has 0 spiro atoms. The molecule has 1 saturated carbocycles. The summed E-state index contributed by atoms with van der Waals surface area (Å²) in [6.45, 7) is 6.77. The second-order valence-corrected chi connectivity index (χ2v) is 6.01. The van der Waals surface area contributed by atoms with Crippen LogP contribution < -0.4 is 5.32 Å². The lowest BCUT2D eigenvalue weighted by molar-refractivity contribution is 0.155. The average molecular weight is 265 g/mol. The van der Waals surface area contributed by atoms with Crippen molar-refractivity contribution in [2.24, 2.45) is 5.92 Å². The van der Waals surface area contributed by atoms with Crippen LogP contribution in [0, 0.1) is 12.8 Å². The number of rotatable bonds is 3. The van der Waals surface area contributed by atoms with E-state index >= 15 is 0 Å². The fourth-order valence-electron chi connectivity index (χ4n) is 3.09. The lowest BCUT2D eigenvalue weighted by Crippen LogP contribution is -2.45. The molecule has 98 valence electrons. The highest BCUT2D eigenvalue weighted by molar-refractivity contribution is 6.30. The van der Waals surface area contributed by atoms with Gasteiger partial charge in [0.1, 0.15) is 0 Å². The summed E-state index contributed by atoms with van der Waals surface area (Å²) in [7, 11) is 0. The molecular formula is C15H21ClN2. The molecule has 1 aliphatic carbocycles. The number of aryl methyl sites for hydroxylation is 1. The number of nitrogens with one attached hydrogen (secondary N) is 1. The lowest BCUT2D eigenvalue weighted by atomic mass is 9.95. The molecule has 0 unspecified atom stereocenters. The SMILES string of the molecule is Cc1cc(Cl)ccc1[C@@H](C1CC1)N1CCNCC1. The van der Waals surface area contributed by atoms with Crippen molar-refractivity contribution in [1.82, 2.24) is 10.2 Å². The monoisotopic (exact) mass is 264 g/mol. The van der Waals surface area contributed by atoms with Crippen molar-refractivity contribution in [3.63, 3.8) is 0 Å². The van der Waals surface area contributed by atoms with Gasteiger partial charge in [-0.25, -0.2) is 0 Å². The molecule has 3 heteroatoms. The van der Waals surface area contributed by atoms with E-state index in [1.165, 1.54) is 37.1 Å². The molecule has 1 atom stereocenters. The van der Waals surface area contributed by atoms with Gasteiger partial charge in [0.05, 0.1) is 0 Å². The fourth-order valence-corrected chi connectivity index (χ4v) is 3.32. The Balaban J connectivity index is 1.88. The first-order chi connectivity index (χ1) is 8.75. The Hall–Kier alpha value is -0.570. The van der Waals surface area contributed by atoms with E-state index in [1.807, 2.05) is 6.07 Å². The summed E-state index contributed by atoms with van der Waals surface area (Å²) >= 11 is 6.08. The minimum absolute atomic E-state index is 0.615. The zero-order valence-electron chi connectivity index (χ0n) is 11.0. The van der Waals surface area contributed by atoms with Crippen molar-refractivity contribution in [1.29, 1.82) is 0 Å². The molecule has 1 aromatic rings. The third kappa shape index (κ3) is 2.56. The molecule has 1 N–H and O–H groups in total. The van der Waals surface area contributed by atoms with Gasteiger partial charge in [-0.2, -0.15) is 0 Å². The summed E-state index contributed by atoms with van der Waals surface area (Å²) in [4.78, 5) is 2.66. The molecule has 2 fully saturated rings. The van der Waals surface area contributed by atoms with Gasteiger partial charge in [-0.15, -0.1) is 0 Å². The van der Waals surface area contributed by atoms with Gasteiger partial charge >= 0.3 is 0 Å². The van der Waals surface area contributed by atoms with Gasteiger partial charge < -0.3 is 5.32 Å². The van der Waals surface area contributed by atoms with Crippen LogP contribution in [-0.4, -0.2) is 31.1 Å². The Morgan fingerprint density at radius 2 is 2.00 bits per heavy atom. The second kappa shape index (κ2) is 5.20. The third-order valence-electron chi connectivity index (χ3n) is 4.16. The molecule has 2 aliphatic rings. The molecule has 1 aliphatic heterocycles. The first kappa shape index (κ1) is 12.5. The Morgan fingerprint density at radius 3 is 2.61 bits per heavy atom. The summed E-state index contributed by atoms with van der Waals surface area (Å²) in [6, 6.07) is 7.00. The zero-order valence-corrected chi connectivity index (χ0v) is 11.7. The van der Waals surface area contributed by atoms with Crippen molar-refractivity contribution < 1.29 is 0 Å². The summed E-state index contributed by atoms with van der Waals surface area (Å²) < 4.78 is 0. The molecule has 3 rings (SSSR count). The summed E-state index contributed by atoms with van der Waals surface area (Å²) in [5, 5.41) is 4.29. The molecule has 1 saturated heterocycles. The normalized spacial score (nSPS) is 23.0. The number of piperazine rings is 1. The number of hydrogen-bond acceptors (Lipinski definition) is 2. The van der Waals surface area contributed by atoms with Crippen LogP contribution in [0.5, 0.6) is 0 Å². The smallest absolute Gasteiger partial charge is 0.0408 e. The van der Waals surface area contributed by atoms with Crippen molar-refractivity contribution in [2.75, 3.05) is 26.2 Å². The van der Waals surface area contributed by atoms with Crippen LogP contribution in [0.3, 0.4) is 0 Å². The van der Waals surface area contributed by atoms with Crippen LogP contribution >= 0.6 is 11.6 Å². The van der Waals surface area contributed by atoms with Gasteiger partial charge in [0.2, 0.25) is 0 Å². The molecule has 18 heavy (non-hydrogen) atoms. The standard InChI is InChI=1S/C15H21ClN2/c1-11-10-13(16)4-5-14(11)15(12-2-3-12)18-8-6-17-7-9-18/h4-5,10,12,15,17H,2-3,6-9H2,1H3/t15-/m1/s1. The Kier molecular flexibility index (Phi) is 3.60. The molecule has 1 aromatic carbocycles. The van der Waals surface area contributed by atoms with Gasteiger partial charge in [0.15, 0.2) is 0 Å². The summed E-state index contributed by atoms with van der Waals surface area (Å²) in [5.41, 5.74) is 2.83. The Morgan fingerprint density at radius 1 is 1.28 bits per heavy atom. The van der Waals surface area contributed by atoms with E-state index in [0.29, 0.717) is 6.04 Å². The molecule has 0 bridgehead atoms. The van der Waals surface area contributed by atoms with Crippen LogP contribution in [0.1, 0.15) is 30.0 Å². The fraction of sp³-hybridized carbons (Fsp3) is 0.600. The maximum Gasteiger partial charge on any atom is 0.0408 e. The molecule has 0 aromatic heterocycles. The van der Waals surface area contributed by atoms with Gasteiger partial charge in [-0.1, -0.05) is 17.7 Å². The van der Waals surface area contributed by atoms with Crippen LogP contribution in [0.25, 0.3) is 0 Å². The third-order valence-corrected chi connectivity index (χ3v) is 4.40. The highest BCUT2D eigenvalue weighted by Gasteiger charge is 2.37. The van der Waals surface area contributed by atoms with E-state index in [1.54, 1.807) is 0 Å². The van der Waals surface area contributed by atoms with Crippen LogP contribution in [-0.2, 0) is 0 Å². The van der Waals surface area contributed by atoms with Gasteiger partial charge in [0, 0.05) is 37.2 Å². The van der Waals surface area contributed by atoms with E-state index in [2.05, 4.69) is 29.3 Å². The Labute approximate surface area is 114 Å². The number of halogens is 1. The van der Waals surface area contributed by atoms with E-state index in [-0.39, 0.29) is 0 Å². The minimum atomic E-state index is 0.615. The quantitative estimate of drug-likeness (QED) is 0.903. The predicted molar refractivity (Wildman–Crippen MR) is 76.1 cm³/mol. The molecule has 1 heterocycles. The van der Waals surface area contributed by atoms with Crippen molar-refractivity contribution >= 4 is 11.6 Å². The van der Waals surface area contributed by atoms with Crippen LogP contribution in [0.4, 0.5) is 0 Å². The Bertz CT molecular complexity index is 423. The van der Waals surface area contributed by atoms with Gasteiger partial charge in [-0.3, -0.25) is 4.90 Å². The predicted octanol–water partition coefficient (Wildman–Crippen LogP) is 3.00.